The Hall–Kier alpha value is -2.06. The molecule has 21 heavy (non-hydrogen) atoms. The predicted molar refractivity (Wildman–Crippen MR) is 86.6 cm³/mol. The zero-order valence-corrected chi connectivity index (χ0v) is 12.7. The summed E-state index contributed by atoms with van der Waals surface area (Å²) in [6, 6.07) is 16.3. The van der Waals surface area contributed by atoms with Crippen LogP contribution in [0.5, 0.6) is 5.75 Å². The van der Waals surface area contributed by atoms with Crippen molar-refractivity contribution in [3.63, 3.8) is 0 Å². The highest BCUT2D eigenvalue weighted by molar-refractivity contribution is 5.40. The van der Waals surface area contributed by atoms with E-state index in [2.05, 4.69) is 18.7 Å². The van der Waals surface area contributed by atoms with Gasteiger partial charge in [-0.1, -0.05) is 55.1 Å². The van der Waals surface area contributed by atoms with Crippen LogP contribution in [0.25, 0.3) is 0 Å². The van der Waals surface area contributed by atoms with Crippen LogP contribution in [-0.2, 0) is 11.3 Å². The standard InChI is InChI=1S/C19H22O2/c1-4-18(14-20-13-17-11-6-5-7-12-17)21-19-15(2)9-8-10-16(19)3/h4-12,18H,1,13-14H2,2-3H3/t18-/m0/s1. The molecule has 2 aromatic rings. The van der Waals surface area contributed by atoms with Crippen LogP contribution in [0.2, 0.25) is 0 Å². The summed E-state index contributed by atoms with van der Waals surface area (Å²) in [7, 11) is 0. The Bertz CT molecular complexity index is 555. The number of hydrogen-bond acceptors (Lipinski definition) is 2. The topological polar surface area (TPSA) is 18.5 Å². The molecular weight excluding hydrogens is 260 g/mol. The molecule has 0 radical (unpaired) electrons. The summed E-state index contributed by atoms with van der Waals surface area (Å²) in [5, 5.41) is 0. The van der Waals surface area contributed by atoms with Crippen molar-refractivity contribution >= 4 is 0 Å². The summed E-state index contributed by atoms with van der Waals surface area (Å²) in [5.41, 5.74) is 3.42. The highest BCUT2D eigenvalue weighted by Gasteiger charge is 2.10. The third-order valence-corrected chi connectivity index (χ3v) is 3.33. The van der Waals surface area contributed by atoms with E-state index in [1.807, 2.05) is 50.2 Å². The molecule has 0 amide bonds. The number of benzene rings is 2. The number of hydrogen-bond donors (Lipinski definition) is 0. The van der Waals surface area contributed by atoms with E-state index in [-0.39, 0.29) is 6.10 Å². The molecule has 0 aliphatic carbocycles. The second-order valence-electron chi connectivity index (χ2n) is 5.11. The Labute approximate surface area is 127 Å². The Balaban J connectivity index is 1.90. The first kappa shape index (κ1) is 15.3. The van der Waals surface area contributed by atoms with Crippen LogP contribution in [0.15, 0.2) is 61.2 Å². The summed E-state index contributed by atoms with van der Waals surface area (Å²) >= 11 is 0. The fraction of sp³-hybridized carbons (Fsp3) is 0.263. The molecule has 0 aromatic heterocycles. The van der Waals surface area contributed by atoms with Gasteiger partial charge in [-0.05, 0) is 36.6 Å². The highest BCUT2D eigenvalue weighted by atomic mass is 16.5. The molecule has 0 saturated heterocycles. The molecule has 0 aliphatic rings. The van der Waals surface area contributed by atoms with Crippen molar-refractivity contribution in [3.8, 4) is 5.75 Å². The second-order valence-corrected chi connectivity index (χ2v) is 5.11. The first-order valence-electron chi connectivity index (χ1n) is 7.18. The molecule has 0 spiro atoms. The summed E-state index contributed by atoms with van der Waals surface area (Å²) in [4.78, 5) is 0. The van der Waals surface area contributed by atoms with Crippen molar-refractivity contribution in [3.05, 3.63) is 77.9 Å². The maximum atomic E-state index is 6.02. The number of aryl methyl sites for hydroxylation is 2. The average molecular weight is 282 g/mol. The van der Waals surface area contributed by atoms with Gasteiger partial charge in [0.25, 0.3) is 0 Å². The third-order valence-electron chi connectivity index (χ3n) is 3.33. The smallest absolute Gasteiger partial charge is 0.140 e. The molecule has 0 fully saturated rings. The minimum atomic E-state index is -0.145. The lowest BCUT2D eigenvalue weighted by molar-refractivity contribution is 0.0605. The van der Waals surface area contributed by atoms with Crippen LogP contribution >= 0.6 is 0 Å². The molecule has 0 heterocycles. The van der Waals surface area contributed by atoms with Gasteiger partial charge < -0.3 is 9.47 Å². The van der Waals surface area contributed by atoms with E-state index in [0.29, 0.717) is 13.2 Å². The van der Waals surface area contributed by atoms with Crippen molar-refractivity contribution in [2.45, 2.75) is 26.6 Å². The molecular formula is C19H22O2. The predicted octanol–water partition coefficient (Wildman–Crippen LogP) is 4.45. The Kier molecular flexibility index (Phi) is 5.59. The van der Waals surface area contributed by atoms with E-state index in [1.54, 1.807) is 6.08 Å². The minimum absolute atomic E-state index is 0.145. The number of para-hydroxylation sites is 1. The van der Waals surface area contributed by atoms with Crippen LogP contribution < -0.4 is 4.74 Å². The maximum absolute atomic E-state index is 6.02. The molecule has 2 nitrogen and oxygen atoms in total. The van der Waals surface area contributed by atoms with Crippen molar-refractivity contribution in [1.29, 1.82) is 0 Å². The lowest BCUT2D eigenvalue weighted by Gasteiger charge is -2.19. The van der Waals surface area contributed by atoms with Gasteiger partial charge in [0.2, 0.25) is 0 Å². The number of ether oxygens (including phenoxy) is 2. The quantitative estimate of drug-likeness (QED) is 0.698. The maximum Gasteiger partial charge on any atom is 0.140 e. The van der Waals surface area contributed by atoms with E-state index in [0.717, 1.165) is 22.4 Å². The Morgan fingerprint density at radius 2 is 1.67 bits per heavy atom. The van der Waals surface area contributed by atoms with E-state index in [4.69, 9.17) is 9.47 Å². The molecule has 0 aliphatic heterocycles. The molecule has 2 rings (SSSR count). The van der Waals surface area contributed by atoms with Crippen molar-refractivity contribution in [2.24, 2.45) is 0 Å². The van der Waals surface area contributed by atoms with Gasteiger partial charge in [0, 0.05) is 0 Å². The van der Waals surface area contributed by atoms with Crippen LogP contribution in [0.1, 0.15) is 16.7 Å². The minimum Gasteiger partial charge on any atom is -0.483 e. The monoisotopic (exact) mass is 282 g/mol. The van der Waals surface area contributed by atoms with Crippen molar-refractivity contribution < 1.29 is 9.47 Å². The van der Waals surface area contributed by atoms with E-state index >= 15 is 0 Å². The normalized spacial score (nSPS) is 11.9. The lowest BCUT2D eigenvalue weighted by Crippen LogP contribution is -2.21. The third kappa shape index (κ3) is 4.47. The first-order valence-corrected chi connectivity index (χ1v) is 7.18. The summed E-state index contributed by atoms with van der Waals surface area (Å²) < 4.78 is 11.7. The van der Waals surface area contributed by atoms with E-state index in [9.17, 15) is 0 Å². The first-order chi connectivity index (χ1) is 10.2. The van der Waals surface area contributed by atoms with E-state index < -0.39 is 0 Å². The zero-order valence-electron chi connectivity index (χ0n) is 12.7. The summed E-state index contributed by atoms with van der Waals surface area (Å²) in [6.45, 7) is 9.01. The zero-order chi connectivity index (χ0) is 15.1. The van der Waals surface area contributed by atoms with Gasteiger partial charge in [0.15, 0.2) is 0 Å². The Morgan fingerprint density at radius 1 is 1.00 bits per heavy atom. The van der Waals surface area contributed by atoms with Gasteiger partial charge in [-0.2, -0.15) is 0 Å². The fourth-order valence-corrected chi connectivity index (χ4v) is 2.15. The van der Waals surface area contributed by atoms with Gasteiger partial charge in [-0.15, -0.1) is 0 Å². The largest absolute Gasteiger partial charge is 0.483 e. The molecule has 0 saturated carbocycles. The van der Waals surface area contributed by atoms with Gasteiger partial charge >= 0.3 is 0 Å². The molecule has 2 aromatic carbocycles. The van der Waals surface area contributed by atoms with Crippen LogP contribution in [0.4, 0.5) is 0 Å². The highest BCUT2D eigenvalue weighted by Crippen LogP contribution is 2.23. The second kappa shape index (κ2) is 7.65. The SMILES string of the molecule is C=C[C@@H](COCc1ccccc1)Oc1c(C)cccc1C. The molecule has 1 atom stereocenters. The van der Waals surface area contributed by atoms with Gasteiger partial charge in [0.05, 0.1) is 13.2 Å². The van der Waals surface area contributed by atoms with Crippen LogP contribution in [0, 0.1) is 13.8 Å². The molecule has 110 valence electrons. The van der Waals surface area contributed by atoms with Gasteiger partial charge in [-0.3, -0.25) is 0 Å². The molecule has 0 N–H and O–H groups in total. The van der Waals surface area contributed by atoms with Gasteiger partial charge in [0.1, 0.15) is 11.9 Å². The van der Waals surface area contributed by atoms with Crippen molar-refractivity contribution in [1.82, 2.24) is 0 Å². The van der Waals surface area contributed by atoms with Crippen LogP contribution in [-0.4, -0.2) is 12.7 Å². The Morgan fingerprint density at radius 3 is 2.29 bits per heavy atom. The molecule has 0 unspecified atom stereocenters. The molecule has 2 heteroatoms. The fourth-order valence-electron chi connectivity index (χ4n) is 2.15. The summed E-state index contributed by atoms with van der Waals surface area (Å²) in [5.74, 6) is 0.922. The summed E-state index contributed by atoms with van der Waals surface area (Å²) in [6.07, 6.45) is 1.64. The van der Waals surface area contributed by atoms with E-state index in [1.165, 1.54) is 0 Å². The van der Waals surface area contributed by atoms with Gasteiger partial charge in [-0.25, -0.2) is 0 Å². The number of rotatable bonds is 7. The lowest BCUT2D eigenvalue weighted by atomic mass is 10.1. The van der Waals surface area contributed by atoms with Crippen molar-refractivity contribution in [2.75, 3.05) is 6.61 Å². The van der Waals surface area contributed by atoms with Crippen LogP contribution in [0.3, 0.4) is 0 Å². The average Bonchev–Trinajstić information content (AvgIpc) is 2.50. The molecule has 0 bridgehead atoms.